The molecule has 0 spiro atoms. The van der Waals surface area contributed by atoms with E-state index in [1.807, 2.05) is 32.0 Å². The number of hydrazone groups is 1. The van der Waals surface area contributed by atoms with Crippen LogP contribution in [0.1, 0.15) is 21.5 Å². The lowest BCUT2D eigenvalue weighted by Gasteiger charge is -2.19. The van der Waals surface area contributed by atoms with Crippen LogP contribution in [0.4, 0.5) is 5.69 Å². The Hall–Kier alpha value is -2.80. The number of phenolic OH excluding ortho intramolecular Hbond substituents is 1. The summed E-state index contributed by atoms with van der Waals surface area (Å²) >= 11 is 1.28. The minimum Gasteiger partial charge on any atom is -0.508 e. The van der Waals surface area contributed by atoms with E-state index in [1.54, 1.807) is 0 Å². The number of amides is 2. The first kappa shape index (κ1) is 17.0. The predicted molar refractivity (Wildman–Crippen MR) is 98.9 cm³/mol. The molecule has 2 aromatic carbocycles. The highest BCUT2D eigenvalue weighted by molar-refractivity contribution is 8.15. The number of aromatic hydroxyl groups is 1. The Labute approximate surface area is 149 Å². The Morgan fingerprint density at radius 2 is 1.92 bits per heavy atom. The van der Waals surface area contributed by atoms with Gasteiger partial charge in [-0.25, -0.2) is 5.43 Å². The van der Waals surface area contributed by atoms with Crippen LogP contribution in [0.2, 0.25) is 0 Å². The van der Waals surface area contributed by atoms with Gasteiger partial charge >= 0.3 is 0 Å². The second-order valence-corrected chi connectivity index (χ2v) is 6.56. The van der Waals surface area contributed by atoms with Gasteiger partial charge in [-0.05, 0) is 55.3 Å². The highest BCUT2D eigenvalue weighted by Gasteiger charge is 2.31. The van der Waals surface area contributed by atoms with Crippen molar-refractivity contribution in [3.05, 3.63) is 59.2 Å². The van der Waals surface area contributed by atoms with Gasteiger partial charge < -0.3 is 5.11 Å². The van der Waals surface area contributed by atoms with Crippen LogP contribution in [0.15, 0.2) is 47.6 Å². The summed E-state index contributed by atoms with van der Waals surface area (Å²) in [6, 6.07) is 11.6. The van der Waals surface area contributed by atoms with Gasteiger partial charge in [0.15, 0.2) is 5.17 Å². The van der Waals surface area contributed by atoms with Crippen molar-refractivity contribution in [3.8, 4) is 5.75 Å². The van der Waals surface area contributed by atoms with Gasteiger partial charge in [-0.2, -0.15) is 0 Å². The lowest BCUT2D eigenvalue weighted by Crippen LogP contribution is -2.32. The molecule has 7 heteroatoms. The van der Waals surface area contributed by atoms with Crippen molar-refractivity contribution in [2.45, 2.75) is 13.8 Å². The average molecular weight is 355 g/mol. The van der Waals surface area contributed by atoms with E-state index in [0.29, 0.717) is 10.7 Å². The fourth-order valence-electron chi connectivity index (χ4n) is 2.44. The molecule has 3 rings (SSSR count). The topological polar surface area (TPSA) is 82.0 Å². The molecule has 0 radical (unpaired) electrons. The summed E-state index contributed by atoms with van der Waals surface area (Å²) in [6.07, 6.45) is 0. The molecule has 0 aliphatic carbocycles. The molecule has 2 aromatic rings. The average Bonchev–Trinajstić information content (AvgIpc) is 2.96. The number of carbonyl (C=O) groups excluding carboxylic acids is 2. The van der Waals surface area contributed by atoms with Gasteiger partial charge in [0, 0.05) is 5.56 Å². The maximum absolute atomic E-state index is 12.3. The van der Waals surface area contributed by atoms with E-state index in [0.717, 1.165) is 16.8 Å². The van der Waals surface area contributed by atoms with Crippen molar-refractivity contribution in [1.29, 1.82) is 0 Å². The first-order valence-electron chi connectivity index (χ1n) is 7.66. The van der Waals surface area contributed by atoms with Crippen LogP contribution in [-0.4, -0.2) is 27.8 Å². The van der Waals surface area contributed by atoms with Gasteiger partial charge in [0.1, 0.15) is 5.75 Å². The number of hydrogen-bond donors (Lipinski definition) is 2. The van der Waals surface area contributed by atoms with Gasteiger partial charge in [-0.1, -0.05) is 23.9 Å². The van der Waals surface area contributed by atoms with Gasteiger partial charge in [-0.15, -0.1) is 5.10 Å². The SMILES string of the molecule is Cc1cccc(N2C(=O)CS/C2=N/NC(=O)c2ccc(O)cc2)c1C. The molecule has 1 aliphatic rings. The fourth-order valence-corrected chi connectivity index (χ4v) is 3.26. The number of carbonyl (C=O) groups is 2. The number of hydrogen-bond acceptors (Lipinski definition) is 5. The zero-order valence-electron chi connectivity index (χ0n) is 13.8. The maximum Gasteiger partial charge on any atom is 0.271 e. The lowest BCUT2D eigenvalue weighted by atomic mass is 10.1. The summed E-state index contributed by atoms with van der Waals surface area (Å²) in [7, 11) is 0. The van der Waals surface area contributed by atoms with Crippen LogP contribution >= 0.6 is 11.8 Å². The molecule has 0 atom stereocenters. The Morgan fingerprint density at radius 1 is 1.20 bits per heavy atom. The van der Waals surface area contributed by atoms with Crippen molar-refractivity contribution in [2.75, 3.05) is 10.7 Å². The molecule has 2 amide bonds. The molecule has 0 bridgehead atoms. The van der Waals surface area contributed by atoms with Gasteiger partial charge in [0.25, 0.3) is 5.91 Å². The predicted octanol–water partition coefficient (Wildman–Crippen LogP) is 2.79. The molecule has 128 valence electrons. The number of aryl methyl sites for hydroxylation is 1. The van der Waals surface area contributed by atoms with E-state index in [9.17, 15) is 14.7 Å². The summed E-state index contributed by atoms with van der Waals surface area (Å²) < 4.78 is 0. The van der Waals surface area contributed by atoms with Crippen molar-refractivity contribution in [3.63, 3.8) is 0 Å². The summed E-state index contributed by atoms with van der Waals surface area (Å²) in [4.78, 5) is 26.0. The molecule has 2 N–H and O–H groups in total. The van der Waals surface area contributed by atoms with Crippen molar-refractivity contribution >= 4 is 34.4 Å². The third kappa shape index (κ3) is 3.51. The van der Waals surface area contributed by atoms with E-state index in [1.165, 1.54) is 40.9 Å². The Morgan fingerprint density at radius 3 is 2.64 bits per heavy atom. The number of anilines is 1. The standard InChI is InChI=1S/C18H17N3O3S/c1-11-4-3-5-15(12(11)2)21-16(23)10-25-18(21)20-19-17(24)13-6-8-14(22)9-7-13/h3-9,22H,10H2,1-2H3,(H,19,24)/b20-18+. The van der Waals surface area contributed by atoms with Crippen LogP contribution < -0.4 is 10.3 Å². The van der Waals surface area contributed by atoms with Gasteiger partial charge in [0.2, 0.25) is 5.91 Å². The normalized spacial score (nSPS) is 15.7. The molecular formula is C18H17N3O3S. The van der Waals surface area contributed by atoms with E-state index >= 15 is 0 Å². The monoisotopic (exact) mass is 355 g/mol. The van der Waals surface area contributed by atoms with Crippen molar-refractivity contribution in [1.82, 2.24) is 5.43 Å². The Kier molecular flexibility index (Phi) is 4.76. The second-order valence-electron chi connectivity index (χ2n) is 5.62. The molecule has 1 aliphatic heterocycles. The molecule has 0 saturated carbocycles. The number of amidine groups is 1. The van der Waals surface area contributed by atoms with E-state index in [4.69, 9.17) is 0 Å². The summed E-state index contributed by atoms with van der Waals surface area (Å²) in [5, 5.41) is 13.8. The third-order valence-corrected chi connectivity index (χ3v) is 4.89. The summed E-state index contributed by atoms with van der Waals surface area (Å²) in [5.41, 5.74) is 5.68. The second kappa shape index (κ2) is 6.98. The first-order valence-corrected chi connectivity index (χ1v) is 8.65. The molecule has 0 aromatic heterocycles. The minimum atomic E-state index is -0.409. The Bertz CT molecular complexity index is 862. The molecule has 1 saturated heterocycles. The van der Waals surface area contributed by atoms with Crippen molar-refractivity contribution in [2.24, 2.45) is 5.10 Å². The van der Waals surface area contributed by atoms with Crippen LogP contribution in [-0.2, 0) is 4.79 Å². The van der Waals surface area contributed by atoms with Crippen molar-refractivity contribution < 1.29 is 14.7 Å². The van der Waals surface area contributed by atoms with Gasteiger partial charge in [0.05, 0.1) is 11.4 Å². The third-order valence-electron chi connectivity index (χ3n) is 3.96. The summed E-state index contributed by atoms with van der Waals surface area (Å²) in [5.74, 6) is -0.119. The van der Waals surface area contributed by atoms with Crippen LogP contribution in [0.3, 0.4) is 0 Å². The van der Waals surface area contributed by atoms with Crippen LogP contribution in [0.5, 0.6) is 5.75 Å². The molecular weight excluding hydrogens is 338 g/mol. The van der Waals surface area contributed by atoms with Crippen LogP contribution in [0, 0.1) is 13.8 Å². The number of nitrogens with one attached hydrogen (secondary N) is 1. The highest BCUT2D eigenvalue weighted by Crippen LogP contribution is 2.30. The largest absolute Gasteiger partial charge is 0.508 e. The number of nitrogens with zero attached hydrogens (tertiary/aromatic N) is 2. The molecule has 6 nitrogen and oxygen atoms in total. The maximum atomic E-state index is 12.3. The smallest absolute Gasteiger partial charge is 0.271 e. The molecule has 25 heavy (non-hydrogen) atoms. The number of rotatable bonds is 3. The zero-order chi connectivity index (χ0) is 18.0. The summed E-state index contributed by atoms with van der Waals surface area (Å²) in [6.45, 7) is 3.93. The van der Waals surface area contributed by atoms with E-state index < -0.39 is 5.91 Å². The molecule has 1 heterocycles. The Balaban J connectivity index is 1.84. The number of thioether (sulfide) groups is 1. The fraction of sp³-hybridized carbons (Fsp3) is 0.167. The number of benzene rings is 2. The van der Waals surface area contributed by atoms with E-state index in [-0.39, 0.29) is 17.4 Å². The number of phenols is 1. The molecule has 1 fully saturated rings. The lowest BCUT2D eigenvalue weighted by molar-refractivity contribution is -0.115. The van der Waals surface area contributed by atoms with E-state index in [2.05, 4.69) is 10.5 Å². The zero-order valence-corrected chi connectivity index (χ0v) is 14.6. The first-order chi connectivity index (χ1) is 12.0. The van der Waals surface area contributed by atoms with Gasteiger partial charge in [-0.3, -0.25) is 14.5 Å². The molecule has 0 unspecified atom stereocenters. The highest BCUT2D eigenvalue weighted by atomic mass is 32.2. The van der Waals surface area contributed by atoms with Crippen LogP contribution in [0.25, 0.3) is 0 Å². The quantitative estimate of drug-likeness (QED) is 0.830. The minimum absolute atomic E-state index is 0.0728.